The number of amides is 1. The van der Waals surface area contributed by atoms with Crippen molar-refractivity contribution in [3.05, 3.63) is 71.3 Å². The van der Waals surface area contributed by atoms with E-state index in [1.165, 1.54) is 11.6 Å². The number of ketones is 1. The fourth-order valence-electron chi connectivity index (χ4n) is 4.44. The second-order valence-corrected chi connectivity index (χ2v) is 8.38. The quantitative estimate of drug-likeness (QED) is 0.424. The van der Waals surface area contributed by atoms with Gasteiger partial charge in [-0.05, 0) is 48.7 Å². The number of nitrogens with zero attached hydrogens (tertiary/aromatic N) is 1. The van der Waals surface area contributed by atoms with Crippen LogP contribution in [0.25, 0.3) is 6.08 Å². The van der Waals surface area contributed by atoms with Gasteiger partial charge in [-0.1, -0.05) is 36.4 Å². The number of hydrogen-bond acceptors (Lipinski definition) is 5. The van der Waals surface area contributed by atoms with E-state index in [4.69, 9.17) is 9.94 Å². The predicted molar refractivity (Wildman–Crippen MR) is 118 cm³/mol. The summed E-state index contributed by atoms with van der Waals surface area (Å²) >= 11 is 0. The molecule has 1 amide bonds. The molecule has 2 aromatic carbocycles. The molecule has 6 heteroatoms. The Morgan fingerprint density at radius 1 is 1.16 bits per heavy atom. The molecule has 2 aliphatic rings. The molecule has 1 spiro atoms. The Kier molecular flexibility index (Phi) is 6.49. The number of hydroxylamine groups is 1. The molecule has 0 saturated carbocycles. The monoisotopic (exact) mass is 420 g/mol. The van der Waals surface area contributed by atoms with Crippen LogP contribution >= 0.6 is 0 Å². The summed E-state index contributed by atoms with van der Waals surface area (Å²) < 4.78 is 6.36. The first kappa shape index (κ1) is 21.3. The third-order valence-corrected chi connectivity index (χ3v) is 6.20. The lowest BCUT2D eigenvalue weighted by molar-refractivity contribution is -0.124. The van der Waals surface area contributed by atoms with Crippen LogP contribution in [-0.4, -0.2) is 47.0 Å². The van der Waals surface area contributed by atoms with Gasteiger partial charge in [-0.3, -0.25) is 14.8 Å². The van der Waals surface area contributed by atoms with Crippen LogP contribution in [0.15, 0.2) is 54.6 Å². The van der Waals surface area contributed by atoms with Gasteiger partial charge in [0, 0.05) is 32.0 Å². The minimum Gasteiger partial charge on any atom is -0.486 e. The molecule has 2 aromatic rings. The number of carbonyl (C=O) groups is 2. The molecule has 2 N–H and O–H groups in total. The van der Waals surface area contributed by atoms with Crippen LogP contribution < -0.4 is 10.2 Å². The number of rotatable bonds is 6. The Bertz CT molecular complexity index is 963. The van der Waals surface area contributed by atoms with E-state index in [1.54, 1.807) is 23.7 Å². The lowest BCUT2D eigenvalue weighted by Crippen LogP contribution is -2.51. The summed E-state index contributed by atoms with van der Waals surface area (Å²) in [6.07, 6.45) is 7.07. The highest BCUT2D eigenvalue weighted by atomic mass is 16.5. The van der Waals surface area contributed by atoms with E-state index >= 15 is 0 Å². The lowest BCUT2D eigenvalue weighted by atomic mass is 9.82. The van der Waals surface area contributed by atoms with Gasteiger partial charge in [0.1, 0.15) is 11.4 Å². The van der Waals surface area contributed by atoms with Crippen LogP contribution in [0.1, 0.15) is 47.2 Å². The number of aryl methyl sites for hydroxylation is 1. The number of nitrogens with one attached hydrogen (secondary N) is 1. The van der Waals surface area contributed by atoms with Gasteiger partial charge in [0.15, 0.2) is 5.78 Å². The molecule has 1 saturated heterocycles. The van der Waals surface area contributed by atoms with Crippen molar-refractivity contribution in [3.63, 3.8) is 0 Å². The van der Waals surface area contributed by atoms with Gasteiger partial charge in [0.25, 0.3) is 5.91 Å². The fraction of sp³-hybridized carbons (Fsp3) is 0.360. The maximum absolute atomic E-state index is 12.9. The van der Waals surface area contributed by atoms with Gasteiger partial charge >= 0.3 is 0 Å². The molecule has 0 unspecified atom stereocenters. The minimum absolute atomic E-state index is 0.0839. The van der Waals surface area contributed by atoms with Crippen molar-refractivity contribution >= 4 is 17.8 Å². The molecule has 0 aliphatic carbocycles. The zero-order valence-corrected chi connectivity index (χ0v) is 17.5. The first-order chi connectivity index (χ1) is 15.1. The molecule has 2 aliphatic heterocycles. The number of likely N-dealkylation sites (tertiary alicyclic amines) is 1. The van der Waals surface area contributed by atoms with Crippen molar-refractivity contribution in [3.8, 4) is 5.75 Å². The summed E-state index contributed by atoms with van der Waals surface area (Å²) in [6, 6.07) is 15.9. The van der Waals surface area contributed by atoms with Crippen molar-refractivity contribution in [2.45, 2.75) is 37.7 Å². The van der Waals surface area contributed by atoms with Crippen LogP contribution in [0.2, 0.25) is 0 Å². The van der Waals surface area contributed by atoms with Crippen molar-refractivity contribution in [2.24, 2.45) is 0 Å². The highest BCUT2D eigenvalue weighted by Crippen LogP contribution is 2.39. The molecular weight excluding hydrogens is 392 g/mol. The average molecular weight is 421 g/mol. The highest BCUT2D eigenvalue weighted by Gasteiger charge is 2.42. The van der Waals surface area contributed by atoms with Crippen LogP contribution in [0, 0.1) is 0 Å². The Balaban J connectivity index is 1.33. The number of ether oxygens (including phenoxy) is 1. The van der Waals surface area contributed by atoms with Crippen molar-refractivity contribution in [1.29, 1.82) is 0 Å². The van der Waals surface area contributed by atoms with Gasteiger partial charge in [0.05, 0.1) is 12.0 Å². The summed E-state index contributed by atoms with van der Waals surface area (Å²) in [5, 5.41) is 8.58. The number of fused-ring (bicyclic) bond motifs is 1. The molecule has 162 valence electrons. The molecule has 0 radical (unpaired) electrons. The molecule has 31 heavy (non-hydrogen) atoms. The van der Waals surface area contributed by atoms with Gasteiger partial charge in [-0.2, -0.15) is 0 Å². The Morgan fingerprint density at radius 3 is 2.68 bits per heavy atom. The normalized spacial score (nSPS) is 18.0. The summed E-state index contributed by atoms with van der Waals surface area (Å²) in [5.74, 6) is 0.0907. The summed E-state index contributed by atoms with van der Waals surface area (Å²) in [6.45, 7) is 2.94. The van der Waals surface area contributed by atoms with E-state index < -0.39 is 11.5 Å². The topological polar surface area (TPSA) is 78.9 Å². The second kappa shape index (κ2) is 9.45. The maximum Gasteiger partial charge on any atom is 0.267 e. The second-order valence-electron chi connectivity index (χ2n) is 8.38. The molecule has 0 aromatic heterocycles. The van der Waals surface area contributed by atoms with Crippen molar-refractivity contribution in [2.75, 3.05) is 19.6 Å². The van der Waals surface area contributed by atoms with Gasteiger partial charge < -0.3 is 9.64 Å². The van der Waals surface area contributed by atoms with E-state index in [2.05, 4.69) is 29.2 Å². The third kappa shape index (κ3) is 5.21. The SMILES string of the molecule is O=C(C=Cc1ccc2c(c1)C(=O)CC1(CCN(CCCc3ccccc3)CC1)O2)NO. The largest absolute Gasteiger partial charge is 0.486 e. The van der Waals surface area contributed by atoms with Crippen molar-refractivity contribution < 1.29 is 19.5 Å². The number of Topliss-reactive ketones (excluding diaryl/α,β-unsaturated/α-hetero) is 1. The lowest BCUT2D eigenvalue weighted by Gasteiger charge is -2.44. The van der Waals surface area contributed by atoms with Crippen LogP contribution in [0.3, 0.4) is 0 Å². The average Bonchev–Trinajstić information content (AvgIpc) is 2.80. The molecule has 1 fully saturated rings. The summed E-state index contributed by atoms with van der Waals surface area (Å²) in [4.78, 5) is 26.5. The van der Waals surface area contributed by atoms with E-state index in [-0.39, 0.29) is 5.78 Å². The van der Waals surface area contributed by atoms with Crippen LogP contribution in [0.4, 0.5) is 0 Å². The molecule has 0 atom stereocenters. The van der Waals surface area contributed by atoms with Gasteiger partial charge in [0.2, 0.25) is 0 Å². The summed E-state index contributed by atoms with van der Waals surface area (Å²) in [7, 11) is 0. The number of benzene rings is 2. The number of piperidine rings is 1. The molecule has 6 nitrogen and oxygen atoms in total. The smallest absolute Gasteiger partial charge is 0.267 e. The van der Waals surface area contributed by atoms with E-state index in [0.717, 1.165) is 45.3 Å². The molecule has 0 bridgehead atoms. The summed E-state index contributed by atoms with van der Waals surface area (Å²) in [5.41, 5.74) is 3.78. The van der Waals surface area contributed by atoms with E-state index in [1.807, 2.05) is 12.1 Å². The Morgan fingerprint density at radius 2 is 1.94 bits per heavy atom. The highest BCUT2D eigenvalue weighted by molar-refractivity contribution is 6.01. The Hall–Kier alpha value is -2.96. The first-order valence-electron chi connectivity index (χ1n) is 10.8. The zero-order chi connectivity index (χ0) is 21.7. The fourth-order valence-corrected chi connectivity index (χ4v) is 4.44. The van der Waals surface area contributed by atoms with Crippen LogP contribution in [-0.2, 0) is 11.2 Å². The van der Waals surface area contributed by atoms with E-state index in [9.17, 15) is 9.59 Å². The minimum atomic E-state index is -0.616. The first-order valence-corrected chi connectivity index (χ1v) is 10.8. The Labute approximate surface area is 182 Å². The predicted octanol–water partition coefficient (Wildman–Crippen LogP) is 3.64. The standard InChI is InChI=1S/C25H28N2O4/c28-22-18-25(31-23-10-8-20(17-21(22)23)9-11-24(29)26-30)12-15-27(16-13-25)14-4-7-19-5-2-1-3-6-19/h1-3,5-6,8-11,17,30H,4,7,12-16,18H2,(H,26,29). The molecule has 2 heterocycles. The third-order valence-electron chi connectivity index (χ3n) is 6.20. The number of carbonyl (C=O) groups excluding carboxylic acids is 2. The number of hydrogen-bond donors (Lipinski definition) is 2. The molecule has 4 rings (SSSR count). The maximum atomic E-state index is 12.9. The van der Waals surface area contributed by atoms with E-state index in [0.29, 0.717) is 23.3 Å². The van der Waals surface area contributed by atoms with Gasteiger partial charge in [-0.25, -0.2) is 5.48 Å². The molecular formula is C25H28N2O4. The van der Waals surface area contributed by atoms with Crippen molar-refractivity contribution in [1.82, 2.24) is 10.4 Å². The van der Waals surface area contributed by atoms with Gasteiger partial charge in [-0.15, -0.1) is 0 Å². The van der Waals surface area contributed by atoms with Crippen LogP contribution in [0.5, 0.6) is 5.75 Å². The zero-order valence-electron chi connectivity index (χ0n) is 17.5.